The number of carbonyl (C=O) groups is 6. The van der Waals surface area contributed by atoms with Gasteiger partial charge in [-0.2, -0.15) is 0 Å². The van der Waals surface area contributed by atoms with Crippen molar-refractivity contribution >= 4 is 122 Å². The molecule has 3 saturated carbocycles. The van der Waals surface area contributed by atoms with Crippen molar-refractivity contribution in [2.45, 2.75) is 108 Å². The lowest BCUT2D eigenvalue weighted by Crippen LogP contribution is -2.39. The monoisotopic (exact) mass is 1770 g/mol. The molecule has 0 bridgehead atoms. The first-order chi connectivity index (χ1) is 58.1. The molecule has 122 heavy (non-hydrogen) atoms. The van der Waals surface area contributed by atoms with Crippen LogP contribution in [0, 0.1) is 36.4 Å². The molecule has 642 valence electrons. The Balaban J connectivity index is 0.000000158. The smallest absolute Gasteiger partial charge is 0.497 e. The summed E-state index contributed by atoms with van der Waals surface area (Å²) in [6.45, 7) is 3.21. The van der Waals surface area contributed by atoms with E-state index in [-0.39, 0.29) is 72.8 Å². The van der Waals surface area contributed by atoms with Gasteiger partial charge in [0.25, 0.3) is 17.7 Å². The molecule has 34 heteroatoms. The van der Waals surface area contributed by atoms with Gasteiger partial charge in [0.15, 0.2) is 11.6 Å². The van der Waals surface area contributed by atoms with Crippen LogP contribution in [-0.4, -0.2) is 123 Å². The van der Waals surface area contributed by atoms with Gasteiger partial charge in [0.2, 0.25) is 0 Å². The molecular weight excluding hydrogens is 1690 g/mol. The van der Waals surface area contributed by atoms with Crippen LogP contribution in [0.1, 0.15) is 95.6 Å². The van der Waals surface area contributed by atoms with E-state index in [1.54, 1.807) is 127 Å². The quantitative estimate of drug-likeness (QED) is 0.0236. The highest BCUT2D eigenvalue weighted by Gasteiger charge is 2.42. The van der Waals surface area contributed by atoms with Crippen LogP contribution in [0.15, 0.2) is 170 Å². The summed E-state index contributed by atoms with van der Waals surface area (Å²) in [4.78, 5) is 80.0. The van der Waals surface area contributed by atoms with Crippen molar-refractivity contribution in [1.29, 1.82) is 0 Å². The van der Waals surface area contributed by atoms with E-state index in [1.807, 2.05) is 31.2 Å². The zero-order chi connectivity index (χ0) is 87.2. The highest BCUT2D eigenvalue weighted by molar-refractivity contribution is 6.32. The molecule has 6 aliphatic rings. The topological polar surface area (TPSA) is 286 Å². The van der Waals surface area contributed by atoms with Gasteiger partial charge in [0.05, 0.1) is 57.1 Å². The number of benzene rings is 9. The van der Waals surface area contributed by atoms with E-state index in [0.717, 1.165) is 46.5 Å². The minimum atomic E-state index is -5.11. The lowest BCUT2D eigenvalue weighted by molar-refractivity contribution is -0.276. The van der Waals surface area contributed by atoms with E-state index in [9.17, 15) is 64.6 Å². The number of carboxylic acids is 3. The third-order valence-electron chi connectivity index (χ3n) is 21.8. The molecule has 3 unspecified atom stereocenters. The Morgan fingerprint density at radius 1 is 0.443 bits per heavy atom. The van der Waals surface area contributed by atoms with E-state index in [0.29, 0.717) is 152 Å². The average molecular weight is 1770 g/mol. The number of fused-ring (bicyclic) bond motifs is 3. The average Bonchev–Trinajstić information content (AvgIpc) is 1.59. The Morgan fingerprint density at radius 3 is 1.32 bits per heavy atom. The maximum atomic E-state index is 14.4. The fraction of sp³-hybridized carbons (Fsp3) is 0.318. The van der Waals surface area contributed by atoms with Gasteiger partial charge in [-0.15, -0.1) is 26.3 Å². The van der Waals surface area contributed by atoms with Gasteiger partial charge in [-0.1, -0.05) is 94.9 Å². The first-order valence-electron chi connectivity index (χ1n) is 38.7. The lowest BCUT2D eigenvalue weighted by atomic mass is 9.75. The summed E-state index contributed by atoms with van der Waals surface area (Å²) < 4.78 is 128. The summed E-state index contributed by atoms with van der Waals surface area (Å²) in [6.07, 6.45) is -5.74. The van der Waals surface area contributed by atoms with E-state index >= 15 is 0 Å². The molecule has 0 aromatic heterocycles. The SMILES string of the molecule is COc1cc(NC(C(=O)N2CCc3cc(C)c(Cl)cc32)c2ccc(Cl)cc2)cc(OC2CC(C(=O)O)C2)c1.COc1cc(NC(C(=O)N2CCc3cc(F)c(OC(F)(F)F)cc32)c2ccc(Cl)cc2)cc(OCC2CC(C(=O)O)C2)c1.COc1cc(NC2CC(C(=O)O)C2)cc(NC(C(=O)N2CCc3ccc(OC(F)(F)F)cc32)c2ccc(Cl)cc2)c1. The molecule has 0 radical (unpaired) electrons. The molecule has 9 aromatic carbocycles. The Kier molecular flexibility index (Phi) is 27.2. The molecule has 3 fully saturated rings. The Labute approximate surface area is 715 Å². The zero-order valence-electron chi connectivity index (χ0n) is 65.7. The number of methoxy groups -OCH3 is 3. The lowest BCUT2D eigenvalue weighted by Gasteiger charge is -2.34. The van der Waals surface area contributed by atoms with Crippen molar-refractivity contribution in [3.63, 3.8) is 0 Å². The standard InChI is InChI=1S/C30H27ClF4N2O6.C29H28Cl2N2O5.C29H27ClF3N3O5/c1-41-22-11-21(12-23(13-22)42-15-16-8-19(9-16)29(39)40)36-27(17-2-4-20(31)5-3-17)28(38)37-7-6-18-10-24(32)26(14-25(18)37)43-30(33,34)35;1-16-9-18-7-8-33(26(18)15-25(16)31)28(34)27(17-3-5-20(30)6-4-17)32-21-12-22(37-2)14-24(13-21)38-23-10-19(11-23)29(35)36;1-40-24-13-21(34-20-10-18(11-20)28(38)39)12-22(14-24)35-26(17-2-5-19(30)6-3-17)27(37)36-9-8-16-4-7-23(15-25(16)36)41-29(31,32)33/h2-5,10-14,16,19,27,36H,6-9,15H2,1H3,(H,39,40);3-6,9,12-15,19,23,27,32H,7-8,10-11H2,1-2H3,(H,35,36);2-7,12-15,18,20,26,34-35H,8-11H2,1H3,(H,38,39). The number of alkyl halides is 6. The molecule has 0 saturated heterocycles. The zero-order valence-corrected chi connectivity index (χ0v) is 68.7. The molecular formula is C88H82Cl4F7N7O16. The fourth-order valence-corrected chi connectivity index (χ4v) is 15.8. The van der Waals surface area contributed by atoms with Crippen LogP contribution in [0.2, 0.25) is 20.1 Å². The number of carbonyl (C=O) groups excluding carboxylic acids is 3. The van der Waals surface area contributed by atoms with E-state index < -0.39 is 72.0 Å². The predicted octanol–water partition coefficient (Wildman–Crippen LogP) is 19.2. The summed E-state index contributed by atoms with van der Waals surface area (Å²) >= 11 is 24.7. The highest BCUT2D eigenvalue weighted by Crippen LogP contribution is 2.45. The van der Waals surface area contributed by atoms with Gasteiger partial charge in [-0.25, -0.2) is 4.39 Å². The van der Waals surface area contributed by atoms with Crippen LogP contribution < -0.4 is 69.1 Å². The number of amides is 3. The molecule has 15 rings (SSSR count). The Bertz CT molecular complexity index is 5370. The van der Waals surface area contributed by atoms with Crippen molar-refractivity contribution in [2.24, 2.45) is 23.7 Å². The van der Waals surface area contributed by atoms with Gasteiger partial charge in [-0.3, -0.25) is 28.8 Å². The maximum absolute atomic E-state index is 14.4. The van der Waals surface area contributed by atoms with Crippen LogP contribution in [0.5, 0.6) is 40.2 Å². The van der Waals surface area contributed by atoms with Gasteiger partial charge in [0, 0.05) is 135 Å². The molecule has 7 N–H and O–H groups in total. The van der Waals surface area contributed by atoms with Crippen molar-refractivity contribution in [1.82, 2.24) is 0 Å². The summed E-state index contributed by atoms with van der Waals surface area (Å²) in [5.74, 6) is -4.65. The van der Waals surface area contributed by atoms with Gasteiger partial charge >= 0.3 is 30.6 Å². The van der Waals surface area contributed by atoms with E-state index in [2.05, 4.69) is 30.7 Å². The molecule has 9 aromatic rings. The molecule has 3 heterocycles. The molecule has 3 aliphatic heterocycles. The molecule has 23 nitrogen and oxygen atoms in total. The second-order valence-electron chi connectivity index (χ2n) is 30.2. The van der Waals surface area contributed by atoms with Crippen molar-refractivity contribution in [3.8, 4) is 40.2 Å². The van der Waals surface area contributed by atoms with E-state index in [4.69, 9.17) is 80.3 Å². The van der Waals surface area contributed by atoms with Gasteiger partial charge in [-0.05, 0) is 170 Å². The highest BCUT2D eigenvalue weighted by atomic mass is 35.5. The fourth-order valence-electron chi connectivity index (χ4n) is 15.3. The number of anilines is 7. The summed E-state index contributed by atoms with van der Waals surface area (Å²) in [6, 6.07) is 43.0. The molecule has 0 spiro atoms. The van der Waals surface area contributed by atoms with Crippen LogP contribution in [0.3, 0.4) is 0 Å². The number of hydrogen-bond acceptors (Lipinski definition) is 17. The predicted molar refractivity (Wildman–Crippen MR) is 445 cm³/mol. The van der Waals surface area contributed by atoms with Crippen molar-refractivity contribution in [3.05, 3.63) is 235 Å². The Morgan fingerprint density at radius 2 is 0.844 bits per heavy atom. The molecule has 3 aliphatic carbocycles. The number of nitrogens with zero attached hydrogens (tertiary/aromatic N) is 3. The minimum absolute atomic E-state index is 0.0148. The van der Waals surface area contributed by atoms with Crippen molar-refractivity contribution < 1.29 is 108 Å². The number of ether oxygens (including phenoxy) is 7. The largest absolute Gasteiger partial charge is 0.573 e. The maximum Gasteiger partial charge on any atom is 0.573 e. The third kappa shape index (κ3) is 21.8. The van der Waals surface area contributed by atoms with Crippen LogP contribution in [-0.2, 0) is 48.0 Å². The number of rotatable bonds is 27. The summed E-state index contributed by atoms with van der Waals surface area (Å²) in [7, 11) is 4.53. The van der Waals surface area contributed by atoms with Crippen LogP contribution in [0.4, 0.5) is 70.5 Å². The van der Waals surface area contributed by atoms with Crippen LogP contribution >= 0.6 is 46.4 Å². The molecule has 3 amide bonds. The van der Waals surface area contributed by atoms with E-state index in [1.165, 1.54) is 42.2 Å². The minimum Gasteiger partial charge on any atom is -0.497 e. The number of aryl methyl sites for hydroxylation is 1. The number of halogens is 11. The first-order valence-corrected chi connectivity index (χ1v) is 40.2. The Hall–Kier alpha value is -11.7. The number of nitrogens with one attached hydrogen (secondary N) is 4. The van der Waals surface area contributed by atoms with Crippen LogP contribution in [0.25, 0.3) is 0 Å². The number of aliphatic carboxylic acids is 3. The first kappa shape index (κ1) is 88.1. The molecule has 3 atom stereocenters. The number of carboxylic acid groups (broad SMARTS) is 3. The third-order valence-corrected chi connectivity index (χ3v) is 23.0. The van der Waals surface area contributed by atoms with Gasteiger partial charge < -0.3 is 84.4 Å². The van der Waals surface area contributed by atoms with Crippen molar-refractivity contribution in [2.75, 3.05) is 83.5 Å². The summed E-state index contributed by atoms with van der Waals surface area (Å²) in [5, 5.41) is 42.7. The second kappa shape index (κ2) is 37.7. The second-order valence-corrected chi connectivity index (χ2v) is 31.9. The number of hydrogen-bond donors (Lipinski definition) is 7. The normalized spacial score (nSPS) is 18.6. The van der Waals surface area contributed by atoms with Gasteiger partial charge in [0.1, 0.15) is 58.7 Å². The summed E-state index contributed by atoms with van der Waals surface area (Å²) in [5.41, 5.74) is 8.61.